The highest BCUT2D eigenvalue weighted by Gasteiger charge is 2.15. The minimum absolute atomic E-state index is 0.185. The average Bonchev–Trinajstić information content (AvgIpc) is 3.08. The second-order valence-corrected chi connectivity index (χ2v) is 6.14. The van der Waals surface area contributed by atoms with Gasteiger partial charge in [0.15, 0.2) is 0 Å². The van der Waals surface area contributed by atoms with Gasteiger partial charge in [0.1, 0.15) is 11.5 Å². The molecule has 0 saturated carbocycles. The fourth-order valence-corrected chi connectivity index (χ4v) is 2.70. The van der Waals surface area contributed by atoms with E-state index in [1.165, 1.54) is 18.2 Å². The van der Waals surface area contributed by atoms with E-state index in [0.717, 1.165) is 17.3 Å². The Morgan fingerprint density at radius 2 is 2.03 bits per heavy atom. The number of rotatable bonds is 8. The van der Waals surface area contributed by atoms with Crippen LogP contribution < -0.4 is 4.74 Å². The van der Waals surface area contributed by atoms with Crippen molar-refractivity contribution in [3.05, 3.63) is 81.7 Å². The normalized spacial score (nSPS) is 10.9. The van der Waals surface area contributed by atoms with Crippen molar-refractivity contribution in [1.29, 1.82) is 0 Å². The van der Waals surface area contributed by atoms with Gasteiger partial charge in [-0.2, -0.15) is 0 Å². The molecule has 0 fully saturated rings. The molecule has 0 amide bonds. The SMILES string of the molecule is Cc1oc(-c2ccccc2)nc1CCOc1ccc(C=CC(=O)O)c([N+](=O)[O-])c1. The molecule has 0 spiro atoms. The standard InChI is InChI=1S/C21H18N2O6/c1-14-18(22-21(29-14)16-5-3-2-4-6-16)11-12-28-17-9-7-15(8-10-20(24)25)19(13-17)23(26)27/h2-10,13H,11-12H2,1H3,(H,24,25). The third-order valence-electron chi connectivity index (χ3n) is 4.13. The van der Waals surface area contributed by atoms with Crippen LogP contribution in [-0.4, -0.2) is 27.6 Å². The summed E-state index contributed by atoms with van der Waals surface area (Å²) in [7, 11) is 0. The zero-order valence-corrected chi connectivity index (χ0v) is 15.6. The van der Waals surface area contributed by atoms with Crippen molar-refractivity contribution in [3.8, 4) is 17.2 Å². The molecule has 0 aliphatic rings. The summed E-state index contributed by atoms with van der Waals surface area (Å²) in [5.41, 5.74) is 1.58. The summed E-state index contributed by atoms with van der Waals surface area (Å²) in [6, 6.07) is 13.8. The van der Waals surface area contributed by atoms with Gasteiger partial charge in [0, 0.05) is 18.1 Å². The van der Waals surface area contributed by atoms with Gasteiger partial charge in [-0.15, -0.1) is 0 Å². The number of nitro benzene ring substituents is 1. The van der Waals surface area contributed by atoms with Gasteiger partial charge in [-0.1, -0.05) is 18.2 Å². The zero-order valence-electron chi connectivity index (χ0n) is 15.6. The lowest BCUT2D eigenvalue weighted by Crippen LogP contribution is -2.03. The van der Waals surface area contributed by atoms with Crippen molar-refractivity contribution in [2.45, 2.75) is 13.3 Å². The molecule has 0 atom stereocenters. The lowest BCUT2D eigenvalue weighted by atomic mass is 10.1. The first-order chi connectivity index (χ1) is 13.9. The van der Waals surface area contributed by atoms with Gasteiger partial charge in [0.05, 0.1) is 28.9 Å². The molecular formula is C21H18N2O6. The van der Waals surface area contributed by atoms with E-state index in [-0.39, 0.29) is 17.9 Å². The number of aryl methyl sites for hydroxylation is 1. The fraction of sp³-hybridized carbons (Fsp3) is 0.143. The van der Waals surface area contributed by atoms with Crippen LogP contribution in [0.5, 0.6) is 5.75 Å². The van der Waals surface area contributed by atoms with E-state index in [9.17, 15) is 14.9 Å². The molecule has 8 nitrogen and oxygen atoms in total. The van der Waals surface area contributed by atoms with Crippen molar-refractivity contribution in [3.63, 3.8) is 0 Å². The molecule has 0 unspecified atom stereocenters. The molecule has 1 aromatic heterocycles. The van der Waals surface area contributed by atoms with E-state index in [4.69, 9.17) is 14.3 Å². The summed E-state index contributed by atoms with van der Waals surface area (Å²) in [6.07, 6.45) is 2.49. The van der Waals surface area contributed by atoms with E-state index in [2.05, 4.69) is 4.98 Å². The third kappa shape index (κ3) is 5.07. The van der Waals surface area contributed by atoms with Gasteiger partial charge >= 0.3 is 5.97 Å². The van der Waals surface area contributed by atoms with Crippen molar-refractivity contribution in [2.24, 2.45) is 0 Å². The maximum Gasteiger partial charge on any atom is 0.328 e. The Kier molecular flexibility index (Phi) is 6.03. The number of nitrogens with zero attached hydrogens (tertiary/aromatic N) is 2. The highest BCUT2D eigenvalue weighted by molar-refractivity contribution is 5.86. The lowest BCUT2D eigenvalue weighted by Gasteiger charge is -2.06. The van der Waals surface area contributed by atoms with Crippen LogP contribution in [0.3, 0.4) is 0 Å². The Bertz CT molecular complexity index is 1060. The van der Waals surface area contributed by atoms with Gasteiger partial charge in [-0.05, 0) is 37.3 Å². The maximum atomic E-state index is 11.2. The number of carboxylic acid groups (broad SMARTS) is 1. The Hall–Kier alpha value is -3.94. The largest absolute Gasteiger partial charge is 0.493 e. The van der Waals surface area contributed by atoms with Gasteiger partial charge in [0.25, 0.3) is 5.69 Å². The molecule has 0 aliphatic carbocycles. The van der Waals surface area contributed by atoms with Crippen LogP contribution in [-0.2, 0) is 11.2 Å². The molecule has 3 aromatic rings. The molecule has 0 bridgehead atoms. The van der Waals surface area contributed by atoms with E-state index in [1.54, 1.807) is 6.07 Å². The summed E-state index contributed by atoms with van der Waals surface area (Å²) in [5.74, 6) is 0.349. The highest BCUT2D eigenvalue weighted by Crippen LogP contribution is 2.26. The Balaban J connectivity index is 1.68. The summed E-state index contributed by atoms with van der Waals surface area (Å²) < 4.78 is 11.3. The first kappa shape index (κ1) is 19.8. The summed E-state index contributed by atoms with van der Waals surface area (Å²) in [6.45, 7) is 2.08. The Labute approximate surface area is 166 Å². The van der Waals surface area contributed by atoms with Crippen LogP contribution in [0.4, 0.5) is 5.69 Å². The summed E-state index contributed by atoms with van der Waals surface area (Å²) in [5, 5.41) is 19.9. The molecule has 29 heavy (non-hydrogen) atoms. The van der Waals surface area contributed by atoms with Gasteiger partial charge in [-0.3, -0.25) is 10.1 Å². The zero-order chi connectivity index (χ0) is 20.8. The van der Waals surface area contributed by atoms with E-state index in [0.29, 0.717) is 23.8 Å². The van der Waals surface area contributed by atoms with Crippen molar-refractivity contribution < 1.29 is 24.0 Å². The number of hydrogen-bond donors (Lipinski definition) is 1. The van der Waals surface area contributed by atoms with Gasteiger partial charge in [-0.25, -0.2) is 9.78 Å². The molecule has 0 radical (unpaired) electrons. The summed E-state index contributed by atoms with van der Waals surface area (Å²) >= 11 is 0. The highest BCUT2D eigenvalue weighted by atomic mass is 16.6. The summed E-state index contributed by atoms with van der Waals surface area (Å²) in [4.78, 5) is 25.8. The first-order valence-electron chi connectivity index (χ1n) is 8.78. The Morgan fingerprint density at radius 3 is 2.72 bits per heavy atom. The molecule has 0 saturated heterocycles. The lowest BCUT2D eigenvalue weighted by molar-refractivity contribution is -0.385. The number of oxazole rings is 1. The second-order valence-electron chi connectivity index (χ2n) is 6.14. The van der Waals surface area contributed by atoms with Crippen LogP contribution in [0.1, 0.15) is 17.0 Å². The monoisotopic (exact) mass is 394 g/mol. The van der Waals surface area contributed by atoms with Crippen LogP contribution in [0.15, 0.2) is 59.0 Å². The predicted molar refractivity (Wildman–Crippen MR) is 106 cm³/mol. The number of hydrogen-bond acceptors (Lipinski definition) is 6. The van der Waals surface area contributed by atoms with Gasteiger partial charge in [0.2, 0.25) is 5.89 Å². The first-order valence-corrected chi connectivity index (χ1v) is 8.78. The minimum atomic E-state index is -1.18. The van der Waals surface area contributed by atoms with Crippen molar-refractivity contribution in [1.82, 2.24) is 4.98 Å². The molecule has 0 aliphatic heterocycles. The smallest absolute Gasteiger partial charge is 0.328 e. The molecular weight excluding hydrogens is 376 g/mol. The van der Waals surface area contributed by atoms with Crippen LogP contribution in [0.25, 0.3) is 17.5 Å². The predicted octanol–water partition coefficient (Wildman–Crippen LogP) is 4.28. The van der Waals surface area contributed by atoms with E-state index in [1.807, 2.05) is 37.3 Å². The molecule has 3 rings (SSSR count). The van der Waals surface area contributed by atoms with E-state index >= 15 is 0 Å². The maximum absolute atomic E-state index is 11.2. The topological polar surface area (TPSA) is 116 Å². The quantitative estimate of drug-likeness (QED) is 0.344. The third-order valence-corrected chi connectivity index (χ3v) is 4.13. The van der Waals surface area contributed by atoms with Gasteiger partial charge < -0.3 is 14.3 Å². The molecule has 1 heterocycles. The number of benzene rings is 2. The average molecular weight is 394 g/mol. The second kappa shape index (κ2) is 8.83. The number of aromatic nitrogens is 1. The van der Waals surface area contributed by atoms with Crippen LogP contribution in [0.2, 0.25) is 0 Å². The van der Waals surface area contributed by atoms with Crippen LogP contribution in [0, 0.1) is 17.0 Å². The molecule has 148 valence electrons. The molecule has 2 aromatic carbocycles. The van der Waals surface area contributed by atoms with Crippen LogP contribution >= 0.6 is 0 Å². The van der Waals surface area contributed by atoms with E-state index < -0.39 is 10.9 Å². The molecule has 8 heteroatoms. The number of nitro groups is 1. The fourth-order valence-electron chi connectivity index (χ4n) is 2.70. The number of aliphatic carboxylic acids is 1. The number of ether oxygens (including phenoxy) is 1. The van der Waals surface area contributed by atoms with Crippen molar-refractivity contribution >= 4 is 17.7 Å². The Morgan fingerprint density at radius 1 is 1.28 bits per heavy atom. The molecule has 1 N–H and O–H groups in total. The number of carboxylic acids is 1. The minimum Gasteiger partial charge on any atom is -0.493 e. The number of carbonyl (C=O) groups is 1. The van der Waals surface area contributed by atoms with Crippen molar-refractivity contribution in [2.75, 3.05) is 6.61 Å².